The van der Waals surface area contributed by atoms with Crippen molar-refractivity contribution in [2.45, 2.75) is 27.7 Å². The lowest BCUT2D eigenvalue weighted by molar-refractivity contribution is -0.118. The molecule has 0 atom stereocenters. The van der Waals surface area contributed by atoms with Crippen molar-refractivity contribution < 1.29 is 14.3 Å². The molecule has 1 N–H and O–H groups in total. The summed E-state index contributed by atoms with van der Waals surface area (Å²) >= 11 is 0. The van der Waals surface area contributed by atoms with E-state index >= 15 is 0 Å². The van der Waals surface area contributed by atoms with E-state index in [2.05, 4.69) is 19.2 Å². The normalized spacial score (nSPS) is 10.5. The lowest BCUT2D eigenvalue weighted by Gasteiger charge is -2.14. The molecule has 4 heteroatoms. The summed E-state index contributed by atoms with van der Waals surface area (Å²) in [5.41, 5.74) is 3.00. The van der Waals surface area contributed by atoms with E-state index in [1.165, 1.54) is 5.56 Å². The lowest BCUT2D eigenvalue weighted by Crippen LogP contribution is -2.20. The molecule has 128 valence electrons. The highest BCUT2D eigenvalue weighted by molar-refractivity contribution is 5.93. The second-order valence-corrected chi connectivity index (χ2v) is 6.28. The Morgan fingerprint density at radius 3 is 2.50 bits per heavy atom. The van der Waals surface area contributed by atoms with Crippen LogP contribution in [0.4, 0.5) is 5.69 Å². The number of hydrogen-bond acceptors (Lipinski definition) is 3. The van der Waals surface area contributed by atoms with Crippen molar-refractivity contribution in [2.75, 3.05) is 18.5 Å². The minimum Gasteiger partial charge on any atom is -0.491 e. The molecule has 0 aliphatic rings. The standard InChI is InChI=1S/C20H25NO3/c1-14(2)12-24-19-8-6-5-7-18(19)21-20(22)13-23-17-10-9-15(3)16(4)11-17/h5-11,14H,12-13H2,1-4H3,(H,21,22). The number of carbonyl (C=O) groups excluding carboxylic acids is 1. The van der Waals surface area contributed by atoms with E-state index in [1.807, 2.05) is 56.3 Å². The van der Waals surface area contributed by atoms with Crippen molar-refractivity contribution in [2.24, 2.45) is 5.92 Å². The molecule has 0 bridgehead atoms. The van der Waals surface area contributed by atoms with Crippen LogP contribution in [0.15, 0.2) is 42.5 Å². The van der Waals surface area contributed by atoms with Crippen molar-refractivity contribution in [1.29, 1.82) is 0 Å². The van der Waals surface area contributed by atoms with Gasteiger partial charge in [-0.2, -0.15) is 0 Å². The summed E-state index contributed by atoms with van der Waals surface area (Å²) in [6, 6.07) is 13.2. The monoisotopic (exact) mass is 327 g/mol. The molecule has 0 saturated heterocycles. The van der Waals surface area contributed by atoms with E-state index in [9.17, 15) is 4.79 Å². The van der Waals surface area contributed by atoms with Gasteiger partial charge in [-0.25, -0.2) is 0 Å². The van der Waals surface area contributed by atoms with E-state index in [0.29, 0.717) is 29.7 Å². The molecule has 4 nitrogen and oxygen atoms in total. The number of aryl methyl sites for hydroxylation is 2. The van der Waals surface area contributed by atoms with E-state index < -0.39 is 0 Å². The van der Waals surface area contributed by atoms with Crippen LogP contribution < -0.4 is 14.8 Å². The smallest absolute Gasteiger partial charge is 0.262 e. The number of ether oxygens (including phenoxy) is 2. The van der Waals surface area contributed by atoms with Crippen molar-refractivity contribution in [1.82, 2.24) is 0 Å². The summed E-state index contributed by atoms with van der Waals surface area (Å²) in [7, 11) is 0. The highest BCUT2D eigenvalue weighted by Crippen LogP contribution is 2.24. The molecule has 0 heterocycles. The summed E-state index contributed by atoms with van der Waals surface area (Å²) in [5, 5.41) is 2.84. The Hall–Kier alpha value is -2.49. The summed E-state index contributed by atoms with van der Waals surface area (Å²) in [4.78, 5) is 12.1. The Bertz CT molecular complexity index is 695. The van der Waals surface area contributed by atoms with Gasteiger partial charge in [0.15, 0.2) is 6.61 Å². The molecule has 2 aromatic rings. The predicted molar refractivity (Wildman–Crippen MR) is 96.8 cm³/mol. The summed E-state index contributed by atoms with van der Waals surface area (Å²) in [6.07, 6.45) is 0. The first kappa shape index (κ1) is 17.9. The third-order valence-corrected chi connectivity index (χ3v) is 3.58. The third-order valence-electron chi connectivity index (χ3n) is 3.58. The zero-order valence-electron chi connectivity index (χ0n) is 14.8. The van der Waals surface area contributed by atoms with Gasteiger partial charge in [-0.05, 0) is 55.2 Å². The number of hydrogen-bond donors (Lipinski definition) is 1. The molecule has 0 spiro atoms. The first-order chi connectivity index (χ1) is 11.5. The summed E-state index contributed by atoms with van der Waals surface area (Å²) in [6.45, 7) is 8.79. The Balaban J connectivity index is 1.93. The zero-order chi connectivity index (χ0) is 17.5. The second kappa shape index (κ2) is 8.39. The van der Waals surface area contributed by atoms with Crippen molar-refractivity contribution in [3.05, 3.63) is 53.6 Å². The molecule has 0 saturated carbocycles. The van der Waals surface area contributed by atoms with Crippen LogP contribution in [0.3, 0.4) is 0 Å². The molecule has 1 amide bonds. The second-order valence-electron chi connectivity index (χ2n) is 6.28. The van der Waals surface area contributed by atoms with Gasteiger partial charge < -0.3 is 14.8 Å². The first-order valence-corrected chi connectivity index (χ1v) is 8.17. The predicted octanol–water partition coefficient (Wildman–Crippen LogP) is 4.36. The quantitative estimate of drug-likeness (QED) is 0.822. The van der Waals surface area contributed by atoms with E-state index in [4.69, 9.17) is 9.47 Å². The number of para-hydroxylation sites is 2. The van der Waals surface area contributed by atoms with Crippen molar-refractivity contribution in [3.63, 3.8) is 0 Å². The number of amides is 1. The topological polar surface area (TPSA) is 47.6 Å². The maximum Gasteiger partial charge on any atom is 0.262 e. The van der Waals surface area contributed by atoms with E-state index in [-0.39, 0.29) is 12.5 Å². The lowest BCUT2D eigenvalue weighted by atomic mass is 10.1. The molecule has 0 fully saturated rings. The molecule has 0 unspecified atom stereocenters. The first-order valence-electron chi connectivity index (χ1n) is 8.17. The molecule has 0 radical (unpaired) electrons. The summed E-state index contributed by atoms with van der Waals surface area (Å²) in [5.74, 6) is 1.57. The molecule has 0 aliphatic carbocycles. The van der Waals surface area contributed by atoms with Crippen molar-refractivity contribution in [3.8, 4) is 11.5 Å². The minimum absolute atomic E-state index is 0.0407. The highest BCUT2D eigenvalue weighted by atomic mass is 16.5. The van der Waals surface area contributed by atoms with Gasteiger partial charge >= 0.3 is 0 Å². The molecule has 24 heavy (non-hydrogen) atoms. The van der Waals surface area contributed by atoms with Gasteiger partial charge in [0, 0.05) is 0 Å². The molecule has 2 rings (SSSR count). The average Bonchev–Trinajstić information content (AvgIpc) is 2.55. The maximum absolute atomic E-state index is 12.1. The Kier molecular flexibility index (Phi) is 6.24. The highest BCUT2D eigenvalue weighted by Gasteiger charge is 2.09. The van der Waals surface area contributed by atoms with Crippen LogP contribution in [0, 0.1) is 19.8 Å². The third kappa shape index (κ3) is 5.30. The van der Waals surface area contributed by atoms with Gasteiger partial charge in [0.05, 0.1) is 12.3 Å². The van der Waals surface area contributed by atoms with Gasteiger partial charge in [-0.3, -0.25) is 4.79 Å². The fourth-order valence-corrected chi connectivity index (χ4v) is 2.09. The average molecular weight is 327 g/mol. The van der Waals surface area contributed by atoms with Crippen LogP contribution >= 0.6 is 0 Å². The van der Waals surface area contributed by atoms with Crippen LogP contribution in [0.5, 0.6) is 11.5 Å². The number of nitrogens with one attached hydrogen (secondary N) is 1. The molecular formula is C20H25NO3. The number of anilines is 1. The zero-order valence-corrected chi connectivity index (χ0v) is 14.8. The fourth-order valence-electron chi connectivity index (χ4n) is 2.09. The molecular weight excluding hydrogens is 302 g/mol. The van der Waals surface area contributed by atoms with Crippen LogP contribution in [0.25, 0.3) is 0 Å². The van der Waals surface area contributed by atoms with E-state index in [0.717, 1.165) is 5.56 Å². The minimum atomic E-state index is -0.214. The molecule has 0 aliphatic heterocycles. The number of carbonyl (C=O) groups is 1. The number of rotatable bonds is 7. The molecule has 2 aromatic carbocycles. The van der Waals surface area contributed by atoms with Crippen LogP contribution in [0.1, 0.15) is 25.0 Å². The van der Waals surface area contributed by atoms with Crippen molar-refractivity contribution >= 4 is 11.6 Å². The maximum atomic E-state index is 12.1. The number of benzene rings is 2. The fraction of sp³-hybridized carbons (Fsp3) is 0.350. The SMILES string of the molecule is Cc1ccc(OCC(=O)Nc2ccccc2OCC(C)C)cc1C. The molecule has 0 aromatic heterocycles. The Labute approximate surface area is 143 Å². The van der Waals surface area contributed by atoms with Crippen LogP contribution in [-0.2, 0) is 4.79 Å². The van der Waals surface area contributed by atoms with Gasteiger partial charge in [-0.15, -0.1) is 0 Å². The van der Waals surface area contributed by atoms with Gasteiger partial charge in [0.2, 0.25) is 0 Å². The van der Waals surface area contributed by atoms with Gasteiger partial charge in [0.25, 0.3) is 5.91 Å². The van der Waals surface area contributed by atoms with E-state index in [1.54, 1.807) is 0 Å². The Morgan fingerprint density at radius 2 is 1.79 bits per heavy atom. The Morgan fingerprint density at radius 1 is 1.04 bits per heavy atom. The summed E-state index contributed by atoms with van der Waals surface area (Å²) < 4.78 is 11.3. The van der Waals surface area contributed by atoms with Crippen LogP contribution in [-0.4, -0.2) is 19.1 Å². The van der Waals surface area contributed by atoms with Gasteiger partial charge in [-0.1, -0.05) is 32.0 Å². The largest absolute Gasteiger partial charge is 0.491 e. The van der Waals surface area contributed by atoms with Crippen LogP contribution in [0.2, 0.25) is 0 Å². The van der Waals surface area contributed by atoms with Gasteiger partial charge in [0.1, 0.15) is 11.5 Å².